The second kappa shape index (κ2) is 6.71. The van der Waals surface area contributed by atoms with E-state index in [1.165, 1.54) is 31.4 Å². The molecule has 130 valence electrons. The number of halogens is 2. The first-order valence-corrected chi connectivity index (χ1v) is 7.20. The summed E-state index contributed by atoms with van der Waals surface area (Å²) in [5.41, 5.74) is 0.493. The van der Waals surface area contributed by atoms with Crippen LogP contribution in [-0.4, -0.2) is 21.6 Å². The number of hydrogen-bond donors (Lipinski definition) is 0. The summed E-state index contributed by atoms with van der Waals surface area (Å²) in [6, 6.07) is 10.3. The number of methoxy groups -OCH3 is 1. The highest BCUT2D eigenvalue weighted by Crippen LogP contribution is 2.32. The van der Waals surface area contributed by atoms with Gasteiger partial charge in [0.25, 0.3) is 5.69 Å². The fraction of sp³-hybridized carbons (Fsp3) is 0.188. The molecule has 1 aromatic heterocycles. The molecular weight excluding hydrogens is 336 g/mol. The van der Waals surface area contributed by atoms with Gasteiger partial charge in [0.1, 0.15) is 6.61 Å². The summed E-state index contributed by atoms with van der Waals surface area (Å²) in [6.07, 6.45) is 0. The zero-order valence-electron chi connectivity index (χ0n) is 13.1. The highest BCUT2D eigenvalue weighted by atomic mass is 19.3. The van der Waals surface area contributed by atoms with Crippen molar-refractivity contribution in [3.05, 3.63) is 58.4 Å². The molecule has 1 heterocycles. The van der Waals surface area contributed by atoms with Crippen LogP contribution in [0.15, 0.2) is 42.5 Å². The Morgan fingerprint density at radius 2 is 2.00 bits per heavy atom. The quantitative estimate of drug-likeness (QED) is 0.498. The summed E-state index contributed by atoms with van der Waals surface area (Å²) < 4.78 is 38.1. The van der Waals surface area contributed by atoms with Crippen molar-refractivity contribution in [1.82, 2.24) is 9.55 Å². The van der Waals surface area contributed by atoms with Gasteiger partial charge in [-0.1, -0.05) is 12.1 Å². The molecule has 0 amide bonds. The van der Waals surface area contributed by atoms with Crippen LogP contribution in [0.4, 0.5) is 14.5 Å². The molecule has 0 aliphatic heterocycles. The van der Waals surface area contributed by atoms with Crippen molar-refractivity contribution in [3.63, 3.8) is 0 Å². The van der Waals surface area contributed by atoms with Crippen molar-refractivity contribution in [2.24, 2.45) is 0 Å². The Hall–Kier alpha value is -3.23. The van der Waals surface area contributed by atoms with Gasteiger partial charge >= 0.3 is 6.55 Å². The molecule has 25 heavy (non-hydrogen) atoms. The van der Waals surface area contributed by atoms with E-state index in [1.54, 1.807) is 18.2 Å². The second-order valence-electron chi connectivity index (χ2n) is 5.05. The van der Waals surface area contributed by atoms with Gasteiger partial charge in [0.05, 0.1) is 29.1 Å². The van der Waals surface area contributed by atoms with Crippen LogP contribution in [0.3, 0.4) is 0 Å². The molecule has 0 aliphatic rings. The Labute approximate surface area is 140 Å². The van der Waals surface area contributed by atoms with Crippen LogP contribution in [0.2, 0.25) is 0 Å². The van der Waals surface area contributed by atoms with E-state index in [9.17, 15) is 18.9 Å². The van der Waals surface area contributed by atoms with Crippen LogP contribution in [0.1, 0.15) is 12.4 Å². The summed E-state index contributed by atoms with van der Waals surface area (Å²) >= 11 is 0. The van der Waals surface area contributed by atoms with Gasteiger partial charge in [-0.05, 0) is 18.2 Å². The number of benzene rings is 2. The van der Waals surface area contributed by atoms with E-state index in [2.05, 4.69) is 4.98 Å². The van der Waals surface area contributed by atoms with Gasteiger partial charge in [-0.2, -0.15) is 8.78 Å². The number of aromatic nitrogens is 2. The SMILES string of the molecule is COc1ccc([N+](=O)[O-])cc1OCc1nc2ccccc2n1C(F)F. The third kappa shape index (κ3) is 3.21. The molecule has 0 aliphatic carbocycles. The number of rotatable bonds is 6. The molecule has 0 unspecified atom stereocenters. The Bertz CT molecular complexity index is 927. The molecule has 0 fully saturated rings. The van der Waals surface area contributed by atoms with E-state index in [1.807, 2.05) is 0 Å². The highest BCUT2D eigenvalue weighted by molar-refractivity contribution is 5.75. The Morgan fingerprint density at radius 1 is 1.24 bits per heavy atom. The number of nitro groups is 1. The summed E-state index contributed by atoms with van der Waals surface area (Å²) in [6.45, 7) is -3.09. The van der Waals surface area contributed by atoms with Gasteiger partial charge in [-0.3, -0.25) is 14.7 Å². The van der Waals surface area contributed by atoms with Gasteiger partial charge in [-0.25, -0.2) is 4.98 Å². The zero-order valence-corrected chi connectivity index (χ0v) is 13.1. The number of ether oxygens (including phenoxy) is 2. The molecule has 0 saturated carbocycles. The van der Waals surface area contributed by atoms with E-state index in [4.69, 9.17) is 9.47 Å². The fourth-order valence-corrected chi connectivity index (χ4v) is 2.45. The molecule has 0 N–H and O–H groups in total. The van der Waals surface area contributed by atoms with Crippen molar-refractivity contribution in [3.8, 4) is 11.5 Å². The molecule has 0 bridgehead atoms. The first-order valence-electron chi connectivity index (χ1n) is 7.20. The summed E-state index contributed by atoms with van der Waals surface area (Å²) in [5.74, 6) is 0.333. The van der Waals surface area contributed by atoms with Crippen molar-refractivity contribution >= 4 is 16.7 Å². The molecule has 3 aromatic rings. The van der Waals surface area contributed by atoms with E-state index < -0.39 is 11.5 Å². The Kier molecular flexibility index (Phi) is 4.46. The molecule has 0 saturated heterocycles. The minimum atomic E-state index is -2.79. The van der Waals surface area contributed by atoms with Crippen LogP contribution in [0.25, 0.3) is 11.0 Å². The van der Waals surface area contributed by atoms with Crippen LogP contribution in [0.5, 0.6) is 11.5 Å². The monoisotopic (exact) mass is 349 g/mol. The first-order chi connectivity index (χ1) is 12.0. The minimum absolute atomic E-state index is 0.00441. The third-order valence-corrected chi connectivity index (χ3v) is 3.58. The van der Waals surface area contributed by atoms with Crippen molar-refractivity contribution < 1.29 is 23.2 Å². The average molecular weight is 349 g/mol. The normalized spacial score (nSPS) is 11.0. The standard InChI is InChI=1S/C16H13F2N3O4/c1-24-13-7-6-10(21(22)23)8-14(13)25-9-15-19-11-4-2-3-5-12(11)20(15)16(17)18/h2-8,16H,9H2,1H3. The van der Waals surface area contributed by atoms with Crippen molar-refractivity contribution in [2.45, 2.75) is 13.2 Å². The predicted octanol–water partition coefficient (Wildman–Crippen LogP) is 3.93. The maximum Gasteiger partial charge on any atom is 0.320 e. The van der Waals surface area contributed by atoms with E-state index in [0.29, 0.717) is 5.52 Å². The van der Waals surface area contributed by atoms with Crippen molar-refractivity contribution in [2.75, 3.05) is 7.11 Å². The van der Waals surface area contributed by atoms with Gasteiger partial charge in [0.15, 0.2) is 17.3 Å². The predicted molar refractivity (Wildman–Crippen MR) is 85.0 cm³/mol. The summed E-state index contributed by atoms with van der Waals surface area (Å²) in [7, 11) is 1.38. The number of para-hydroxylation sites is 2. The van der Waals surface area contributed by atoms with E-state index in [0.717, 1.165) is 4.57 Å². The topological polar surface area (TPSA) is 79.4 Å². The summed E-state index contributed by atoms with van der Waals surface area (Å²) in [4.78, 5) is 14.4. The fourth-order valence-electron chi connectivity index (χ4n) is 2.45. The second-order valence-corrected chi connectivity index (χ2v) is 5.05. The molecule has 0 spiro atoms. The van der Waals surface area contributed by atoms with Crippen LogP contribution in [-0.2, 0) is 6.61 Å². The lowest BCUT2D eigenvalue weighted by atomic mass is 10.3. The first kappa shape index (κ1) is 16.6. The average Bonchev–Trinajstić information content (AvgIpc) is 2.98. The molecular formula is C16H13F2N3O4. The highest BCUT2D eigenvalue weighted by Gasteiger charge is 2.19. The smallest absolute Gasteiger partial charge is 0.320 e. The number of nitrogens with zero attached hydrogens (tertiary/aromatic N) is 3. The van der Waals surface area contributed by atoms with Crippen molar-refractivity contribution in [1.29, 1.82) is 0 Å². The number of fused-ring (bicyclic) bond motifs is 1. The van der Waals surface area contributed by atoms with Gasteiger partial charge in [0.2, 0.25) is 0 Å². The third-order valence-electron chi connectivity index (χ3n) is 3.58. The molecule has 2 aromatic carbocycles. The molecule has 9 heteroatoms. The lowest BCUT2D eigenvalue weighted by molar-refractivity contribution is -0.385. The minimum Gasteiger partial charge on any atom is -0.493 e. The Balaban J connectivity index is 1.94. The lowest BCUT2D eigenvalue weighted by Crippen LogP contribution is -2.08. The molecule has 0 atom stereocenters. The largest absolute Gasteiger partial charge is 0.493 e. The number of hydrogen-bond acceptors (Lipinski definition) is 5. The number of nitro benzene ring substituents is 1. The van der Waals surface area contributed by atoms with Crippen LogP contribution >= 0.6 is 0 Å². The van der Waals surface area contributed by atoms with Gasteiger partial charge in [0, 0.05) is 6.07 Å². The number of imidazole rings is 1. The van der Waals surface area contributed by atoms with E-state index in [-0.39, 0.29) is 35.1 Å². The molecule has 3 rings (SSSR count). The summed E-state index contributed by atoms with van der Waals surface area (Å²) in [5, 5.41) is 10.9. The maximum absolute atomic E-state index is 13.4. The Morgan fingerprint density at radius 3 is 2.68 bits per heavy atom. The zero-order chi connectivity index (χ0) is 18.0. The van der Waals surface area contributed by atoms with E-state index >= 15 is 0 Å². The number of non-ortho nitro benzene ring substituents is 1. The van der Waals surface area contributed by atoms with Crippen LogP contribution < -0.4 is 9.47 Å². The molecule has 7 nitrogen and oxygen atoms in total. The van der Waals surface area contributed by atoms with Gasteiger partial charge in [-0.15, -0.1) is 0 Å². The molecule has 0 radical (unpaired) electrons. The lowest BCUT2D eigenvalue weighted by Gasteiger charge is -2.11. The van der Waals surface area contributed by atoms with Crippen LogP contribution in [0, 0.1) is 10.1 Å². The van der Waals surface area contributed by atoms with Gasteiger partial charge < -0.3 is 9.47 Å². The maximum atomic E-state index is 13.4. The number of alkyl halides is 2.